The molecule has 0 fully saturated rings. The number of nitrogens with one attached hydrogen (secondary N) is 4. The highest BCUT2D eigenvalue weighted by atomic mass is 15.0. The molecule has 0 aliphatic heterocycles. The third-order valence-electron chi connectivity index (χ3n) is 2.29. The molecular weight excluding hydrogens is 212 g/mol. The third-order valence-corrected chi connectivity index (χ3v) is 2.29. The van der Waals surface area contributed by atoms with Crippen molar-refractivity contribution in [2.45, 2.75) is 46.2 Å². The lowest BCUT2D eigenvalue weighted by Gasteiger charge is -2.20. The second kappa shape index (κ2) is 9.83. The number of hydrogen-bond acceptors (Lipinski definition) is 4. The van der Waals surface area contributed by atoms with E-state index in [1.165, 1.54) is 0 Å². The van der Waals surface area contributed by atoms with Crippen LogP contribution in [0.2, 0.25) is 0 Å². The van der Waals surface area contributed by atoms with Gasteiger partial charge in [0.25, 0.3) is 0 Å². The van der Waals surface area contributed by atoms with Crippen molar-refractivity contribution >= 4 is 0 Å². The molecule has 0 aliphatic rings. The zero-order chi connectivity index (χ0) is 13.1. The van der Waals surface area contributed by atoms with E-state index < -0.39 is 0 Å². The van der Waals surface area contributed by atoms with Gasteiger partial charge in [-0.3, -0.25) is 0 Å². The molecule has 0 heterocycles. The SMILES string of the molecule is CC(C)NCCNCCNCCNC(C)(C)C. The Balaban J connectivity index is 3.04. The van der Waals surface area contributed by atoms with Crippen LogP contribution in [-0.4, -0.2) is 50.8 Å². The van der Waals surface area contributed by atoms with Crippen LogP contribution in [0.3, 0.4) is 0 Å². The highest BCUT2D eigenvalue weighted by molar-refractivity contribution is 4.70. The first-order chi connectivity index (χ1) is 7.92. The van der Waals surface area contributed by atoms with Crippen LogP contribution in [0, 0.1) is 0 Å². The lowest BCUT2D eigenvalue weighted by atomic mass is 10.1. The standard InChI is InChI=1S/C13H32N4/c1-12(2)16-10-8-14-6-7-15-9-11-17-13(3,4)5/h12,14-17H,6-11H2,1-5H3. The average molecular weight is 244 g/mol. The van der Waals surface area contributed by atoms with Crippen molar-refractivity contribution in [1.82, 2.24) is 21.3 Å². The number of hydrogen-bond donors (Lipinski definition) is 4. The first-order valence-electron chi connectivity index (χ1n) is 6.81. The predicted octanol–water partition coefficient (Wildman–Crippen LogP) is 0.552. The zero-order valence-corrected chi connectivity index (χ0v) is 12.3. The molecule has 0 unspecified atom stereocenters. The minimum atomic E-state index is 0.225. The molecule has 17 heavy (non-hydrogen) atoms. The van der Waals surface area contributed by atoms with Gasteiger partial charge in [-0.15, -0.1) is 0 Å². The summed E-state index contributed by atoms with van der Waals surface area (Å²) in [7, 11) is 0. The average Bonchev–Trinajstić information content (AvgIpc) is 2.18. The summed E-state index contributed by atoms with van der Waals surface area (Å²) in [5.41, 5.74) is 0.225. The predicted molar refractivity (Wildman–Crippen MR) is 76.6 cm³/mol. The molecule has 4 nitrogen and oxygen atoms in total. The highest BCUT2D eigenvalue weighted by Gasteiger charge is 2.06. The van der Waals surface area contributed by atoms with Crippen molar-refractivity contribution in [1.29, 1.82) is 0 Å². The Kier molecular flexibility index (Phi) is 9.74. The quantitative estimate of drug-likeness (QED) is 0.424. The molecule has 4 heteroatoms. The van der Waals surface area contributed by atoms with E-state index >= 15 is 0 Å². The van der Waals surface area contributed by atoms with Crippen molar-refractivity contribution in [2.24, 2.45) is 0 Å². The van der Waals surface area contributed by atoms with Crippen molar-refractivity contribution in [2.75, 3.05) is 39.3 Å². The van der Waals surface area contributed by atoms with E-state index in [4.69, 9.17) is 0 Å². The van der Waals surface area contributed by atoms with Crippen molar-refractivity contribution in [3.63, 3.8) is 0 Å². The second-order valence-corrected chi connectivity index (χ2v) is 5.79. The van der Waals surface area contributed by atoms with Gasteiger partial charge in [-0.2, -0.15) is 0 Å². The van der Waals surface area contributed by atoms with Crippen LogP contribution in [0.1, 0.15) is 34.6 Å². The third kappa shape index (κ3) is 15.8. The largest absolute Gasteiger partial charge is 0.314 e. The Morgan fingerprint density at radius 1 is 0.765 bits per heavy atom. The summed E-state index contributed by atoms with van der Waals surface area (Å²) in [6.07, 6.45) is 0. The van der Waals surface area contributed by atoms with Gasteiger partial charge in [0.1, 0.15) is 0 Å². The Morgan fingerprint density at radius 2 is 1.24 bits per heavy atom. The summed E-state index contributed by atoms with van der Waals surface area (Å²) in [5.74, 6) is 0. The summed E-state index contributed by atoms with van der Waals surface area (Å²) < 4.78 is 0. The second-order valence-electron chi connectivity index (χ2n) is 5.79. The molecule has 0 aromatic rings. The van der Waals surface area contributed by atoms with E-state index in [2.05, 4.69) is 55.9 Å². The lowest BCUT2D eigenvalue weighted by molar-refractivity contribution is 0.421. The van der Waals surface area contributed by atoms with Crippen LogP contribution < -0.4 is 21.3 Å². The maximum Gasteiger partial charge on any atom is 0.00970 e. The zero-order valence-electron chi connectivity index (χ0n) is 12.3. The van der Waals surface area contributed by atoms with Gasteiger partial charge in [-0.25, -0.2) is 0 Å². The lowest BCUT2D eigenvalue weighted by Crippen LogP contribution is -2.41. The molecule has 0 saturated carbocycles. The van der Waals surface area contributed by atoms with E-state index in [0.29, 0.717) is 6.04 Å². The maximum absolute atomic E-state index is 3.45. The van der Waals surface area contributed by atoms with E-state index in [0.717, 1.165) is 39.3 Å². The summed E-state index contributed by atoms with van der Waals surface area (Å²) in [5, 5.41) is 13.6. The molecule has 0 rings (SSSR count). The van der Waals surface area contributed by atoms with E-state index in [1.807, 2.05) is 0 Å². The Morgan fingerprint density at radius 3 is 1.71 bits per heavy atom. The van der Waals surface area contributed by atoms with Gasteiger partial charge in [0.15, 0.2) is 0 Å². The van der Waals surface area contributed by atoms with Gasteiger partial charge >= 0.3 is 0 Å². The van der Waals surface area contributed by atoms with Gasteiger partial charge in [-0.05, 0) is 20.8 Å². The van der Waals surface area contributed by atoms with E-state index in [-0.39, 0.29) is 5.54 Å². The van der Waals surface area contributed by atoms with Crippen LogP contribution in [0.5, 0.6) is 0 Å². The number of rotatable bonds is 10. The van der Waals surface area contributed by atoms with Crippen molar-refractivity contribution in [3.05, 3.63) is 0 Å². The molecule has 0 amide bonds. The molecular formula is C13H32N4. The molecule has 4 N–H and O–H groups in total. The smallest absolute Gasteiger partial charge is 0.00970 e. The molecule has 0 aromatic heterocycles. The minimum absolute atomic E-state index is 0.225. The Labute approximate surface area is 107 Å². The molecule has 0 saturated heterocycles. The van der Waals surface area contributed by atoms with Crippen molar-refractivity contribution in [3.8, 4) is 0 Å². The van der Waals surface area contributed by atoms with Gasteiger partial charge in [0.05, 0.1) is 0 Å². The van der Waals surface area contributed by atoms with E-state index in [9.17, 15) is 0 Å². The molecule has 0 aromatic carbocycles. The highest BCUT2D eigenvalue weighted by Crippen LogP contribution is 1.95. The Hall–Kier alpha value is -0.160. The fourth-order valence-corrected chi connectivity index (χ4v) is 1.40. The molecule has 0 aliphatic carbocycles. The van der Waals surface area contributed by atoms with Crippen LogP contribution >= 0.6 is 0 Å². The van der Waals surface area contributed by atoms with Gasteiger partial charge in [-0.1, -0.05) is 13.8 Å². The molecule has 104 valence electrons. The maximum atomic E-state index is 3.45. The fourth-order valence-electron chi connectivity index (χ4n) is 1.40. The first-order valence-corrected chi connectivity index (χ1v) is 6.81. The van der Waals surface area contributed by atoms with Crippen LogP contribution in [-0.2, 0) is 0 Å². The van der Waals surface area contributed by atoms with Crippen molar-refractivity contribution < 1.29 is 0 Å². The van der Waals surface area contributed by atoms with Crippen LogP contribution in [0.25, 0.3) is 0 Å². The van der Waals surface area contributed by atoms with Gasteiger partial charge in [0.2, 0.25) is 0 Å². The summed E-state index contributed by atoms with van der Waals surface area (Å²) >= 11 is 0. The van der Waals surface area contributed by atoms with Crippen LogP contribution in [0.4, 0.5) is 0 Å². The normalized spacial score (nSPS) is 12.4. The molecule has 0 radical (unpaired) electrons. The first kappa shape index (κ1) is 16.8. The minimum Gasteiger partial charge on any atom is -0.314 e. The summed E-state index contributed by atoms with van der Waals surface area (Å²) in [4.78, 5) is 0. The Bertz CT molecular complexity index is 163. The monoisotopic (exact) mass is 244 g/mol. The molecule has 0 spiro atoms. The molecule has 0 atom stereocenters. The van der Waals surface area contributed by atoms with E-state index in [1.54, 1.807) is 0 Å². The van der Waals surface area contributed by atoms with Crippen LogP contribution in [0.15, 0.2) is 0 Å². The fraction of sp³-hybridized carbons (Fsp3) is 1.00. The summed E-state index contributed by atoms with van der Waals surface area (Å²) in [6.45, 7) is 17.1. The molecule has 0 bridgehead atoms. The summed E-state index contributed by atoms with van der Waals surface area (Å²) in [6, 6.07) is 0.582. The topological polar surface area (TPSA) is 48.1 Å². The van der Waals surface area contributed by atoms with Gasteiger partial charge in [0, 0.05) is 50.8 Å². The van der Waals surface area contributed by atoms with Gasteiger partial charge < -0.3 is 21.3 Å².